The zero-order chi connectivity index (χ0) is 14.5. The van der Waals surface area contributed by atoms with E-state index in [-0.39, 0.29) is 11.6 Å². The maximum Gasteiger partial charge on any atom is 0.278 e. The van der Waals surface area contributed by atoms with Gasteiger partial charge in [0.25, 0.3) is 5.91 Å². The Labute approximate surface area is 123 Å². The first-order chi connectivity index (χ1) is 9.63. The summed E-state index contributed by atoms with van der Waals surface area (Å²) in [5.41, 5.74) is 1.04. The van der Waals surface area contributed by atoms with E-state index in [0.29, 0.717) is 10.8 Å². The highest BCUT2D eigenvalue weighted by atomic mass is 35.5. The summed E-state index contributed by atoms with van der Waals surface area (Å²) in [6, 6.07) is 12.8. The summed E-state index contributed by atoms with van der Waals surface area (Å²) in [5.74, 6) is 0.405. The van der Waals surface area contributed by atoms with Crippen molar-refractivity contribution in [2.75, 3.05) is 23.8 Å². The van der Waals surface area contributed by atoms with Crippen LogP contribution in [0.15, 0.2) is 42.5 Å². The molecule has 2 aromatic rings. The van der Waals surface area contributed by atoms with Crippen LogP contribution < -0.4 is 10.2 Å². The second kappa shape index (κ2) is 6.39. The number of para-hydroxylation sites is 1. The highest BCUT2D eigenvalue weighted by molar-refractivity contribution is 6.34. The first-order valence-corrected chi connectivity index (χ1v) is 6.74. The van der Waals surface area contributed by atoms with Crippen molar-refractivity contribution in [1.29, 1.82) is 0 Å². The first kappa shape index (κ1) is 14.3. The van der Waals surface area contributed by atoms with Crippen LogP contribution >= 0.6 is 11.6 Å². The molecule has 0 radical (unpaired) electrons. The molecule has 0 spiro atoms. The number of nitrogens with one attached hydrogen (secondary N) is 1. The summed E-state index contributed by atoms with van der Waals surface area (Å²) in [6.07, 6.45) is 0. The van der Waals surface area contributed by atoms with Gasteiger partial charge in [0.2, 0.25) is 0 Å². The Morgan fingerprint density at radius 1 is 1.25 bits per heavy atom. The Morgan fingerprint density at radius 3 is 2.60 bits per heavy atom. The van der Waals surface area contributed by atoms with Crippen LogP contribution in [0, 0.1) is 0 Å². The van der Waals surface area contributed by atoms with Crippen LogP contribution in [0.25, 0.3) is 0 Å². The van der Waals surface area contributed by atoms with Gasteiger partial charge in [0.15, 0.2) is 0 Å². The third-order valence-electron chi connectivity index (χ3n) is 2.85. The fraction of sp³-hybridized carbons (Fsp3) is 0.200. The molecule has 0 aliphatic carbocycles. The normalized spacial score (nSPS) is 10.2. The van der Waals surface area contributed by atoms with E-state index in [4.69, 9.17) is 11.6 Å². The lowest BCUT2D eigenvalue weighted by Gasteiger charge is -2.17. The second-order valence-electron chi connectivity index (χ2n) is 4.26. The molecule has 0 bridgehead atoms. The number of pyridine rings is 1. The average Bonchev–Trinajstić information content (AvgIpc) is 2.49. The lowest BCUT2D eigenvalue weighted by atomic mass is 10.2. The zero-order valence-electron chi connectivity index (χ0n) is 11.4. The van der Waals surface area contributed by atoms with E-state index in [0.717, 1.165) is 12.2 Å². The molecule has 0 atom stereocenters. The van der Waals surface area contributed by atoms with Crippen LogP contribution in [-0.4, -0.2) is 24.5 Å². The van der Waals surface area contributed by atoms with E-state index in [9.17, 15) is 4.79 Å². The molecule has 0 fully saturated rings. The number of carbonyl (C=O) groups is 1. The number of rotatable bonds is 4. The molecule has 1 N–H and O–H groups in total. The molecule has 0 aliphatic heterocycles. The number of benzene rings is 1. The average molecular weight is 290 g/mol. The third kappa shape index (κ3) is 3.08. The predicted molar refractivity (Wildman–Crippen MR) is 82.6 cm³/mol. The van der Waals surface area contributed by atoms with Gasteiger partial charge in [0.05, 0.1) is 5.02 Å². The summed E-state index contributed by atoms with van der Waals surface area (Å²) in [6.45, 7) is 2.70. The second-order valence-corrected chi connectivity index (χ2v) is 4.66. The van der Waals surface area contributed by atoms with Gasteiger partial charge in [-0.3, -0.25) is 4.79 Å². The van der Waals surface area contributed by atoms with E-state index in [1.54, 1.807) is 19.2 Å². The van der Waals surface area contributed by atoms with Gasteiger partial charge in [0, 0.05) is 19.3 Å². The molecule has 1 amide bonds. The third-order valence-corrected chi connectivity index (χ3v) is 3.16. The number of aromatic nitrogens is 1. The van der Waals surface area contributed by atoms with Crippen LogP contribution in [-0.2, 0) is 0 Å². The molecule has 5 heteroatoms. The van der Waals surface area contributed by atoms with E-state index in [1.165, 1.54) is 4.90 Å². The summed E-state index contributed by atoms with van der Waals surface area (Å²) in [7, 11) is 1.70. The standard InChI is InChI=1S/C15H16ClN3O/c1-3-17-13-10-9-12(16)14(18-13)15(20)19(2)11-7-5-4-6-8-11/h4-10H,3H2,1-2H3,(H,17,18). The van der Waals surface area contributed by atoms with Crippen LogP contribution in [0.2, 0.25) is 5.02 Å². The smallest absolute Gasteiger partial charge is 0.278 e. The van der Waals surface area contributed by atoms with Crippen LogP contribution in [0.4, 0.5) is 11.5 Å². The monoisotopic (exact) mass is 289 g/mol. The summed E-state index contributed by atoms with van der Waals surface area (Å²) in [4.78, 5) is 18.3. The minimum Gasteiger partial charge on any atom is -0.370 e. The maximum absolute atomic E-state index is 12.5. The number of hydrogen-bond donors (Lipinski definition) is 1. The fourth-order valence-electron chi connectivity index (χ4n) is 1.80. The van der Waals surface area contributed by atoms with E-state index in [2.05, 4.69) is 10.3 Å². The van der Waals surface area contributed by atoms with Crippen molar-refractivity contribution in [2.24, 2.45) is 0 Å². The largest absolute Gasteiger partial charge is 0.370 e. The molecular weight excluding hydrogens is 274 g/mol. The molecule has 4 nitrogen and oxygen atoms in total. The van der Waals surface area contributed by atoms with Crippen LogP contribution in [0.5, 0.6) is 0 Å². The first-order valence-electron chi connectivity index (χ1n) is 6.37. The van der Waals surface area contributed by atoms with Gasteiger partial charge in [-0.2, -0.15) is 0 Å². The fourth-order valence-corrected chi connectivity index (χ4v) is 1.99. The Kier molecular flexibility index (Phi) is 4.58. The minimum atomic E-state index is -0.235. The number of hydrogen-bond acceptors (Lipinski definition) is 3. The van der Waals surface area contributed by atoms with Crippen molar-refractivity contribution in [3.63, 3.8) is 0 Å². The number of amides is 1. The Hall–Kier alpha value is -2.07. The molecule has 1 aromatic heterocycles. The lowest BCUT2D eigenvalue weighted by Crippen LogP contribution is -2.27. The molecule has 104 valence electrons. The van der Waals surface area contributed by atoms with Crippen molar-refractivity contribution >= 4 is 29.0 Å². The van der Waals surface area contributed by atoms with Gasteiger partial charge in [-0.15, -0.1) is 0 Å². The molecule has 0 saturated heterocycles. The molecular formula is C15H16ClN3O. The molecule has 1 heterocycles. The Balaban J connectivity index is 2.31. The molecule has 0 saturated carbocycles. The Morgan fingerprint density at radius 2 is 1.95 bits per heavy atom. The van der Waals surface area contributed by atoms with Gasteiger partial charge >= 0.3 is 0 Å². The zero-order valence-corrected chi connectivity index (χ0v) is 12.2. The molecule has 0 unspecified atom stereocenters. The maximum atomic E-state index is 12.5. The van der Waals surface area contributed by atoms with Crippen molar-refractivity contribution in [2.45, 2.75) is 6.92 Å². The molecule has 1 aromatic carbocycles. The number of anilines is 2. The highest BCUT2D eigenvalue weighted by Crippen LogP contribution is 2.21. The molecule has 0 aliphatic rings. The highest BCUT2D eigenvalue weighted by Gasteiger charge is 2.18. The molecule has 2 rings (SSSR count). The van der Waals surface area contributed by atoms with Crippen molar-refractivity contribution in [1.82, 2.24) is 4.98 Å². The van der Waals surface area contributed by atoms with Crippen molar-refractivity contribution in [3.05, 3.63) is 53.2 Å². The van der Waals surface area contributed by atoms with E-state index >= 15 is 0 Å². The summed E-state index contributed by atoms with van der Waals surface area (Å²) < 4.78 is 0. The van der Waals surface area contributed by atoms with Gasteiger partial charge < -0.3 is 10.2 Å². The SMILES string of the molecule is CCNc1ccc(Cl)c(C(=O)N(C)c2ccccc2)n1. The number of nitrogens with zero attached hydrogens (tertiary/aromatic N) is 2. The van der Waals surface area contributed by atoms with Crippen molar-refractivity contribution < 1.29 is 4.79 Å². The van der Waals surface area contributed by atoms with E-state index in [1.807, 2.05) is 37.3 Å². The van der Waals surface area contributed by atoms with Crippen LogP contribution in [0.3, 0.4) is 0 Å². The van der Waals surface area contributed by atoms with Gasteiger partial charge in [-0.05, 0) is 31.2 Å². The van der Waals surface area contributed by atoms with Crippen LogP contribution in [0.1, 0.15) is 17.4 Å². The van der Waals surface area contributed by atoms with Gasteiger partial charge in [-0.25, -0.2) is 4.98 Å². The summed E-state index contributed by atoms with van der Waals surface area (Å²) >= 11 is 6.09. The topological polar surface area (TPSA) is 45.2 Å². The van der Waals surface area contributed by atoms with Crippen molar-refractivity contribution in [3.8, 4) is 0 Å². The van der Waals surface area contributed by atoms with Gasteiger partial charge in [-0.1, -0.05) is 29.8 Å². The predicted octanol–water partition coefficient (Wildman–Crippen LogP) is 3.44. The molecule has 20 heavy (non-hydrogen) atoms. The quantitative estimate of drug-likeness (QED) is 0.938. The lowest BCUT2D eigenvalue weighted by molar-refractivity contribution is 0.0988. The Bertz CT molecular complexity index is 601. The number of carbonyl (C=O) groups excluding carboxylic acids is 1. The van der Waals surface area contributed by atoms with E-state index < -0.39 is 0 Å². The summed E-state index contributed by atoms with van der Waals surface area (Å²) in [5, 5.41) is 3.41. The van der Waals surface area contributed by atoms with Gasteiger partial charge in [0.1, 0.15) is 11.5 Å². The number of halogens is 1. The minimum absolute atomic E-state index is 0.235.